The predicted molar refractivity (Wildman–Crippen MR) is 102 cm³/mol. The first-order valence-corrected chi connectivity index (χ1v) is 9.37. The van der Waals surface area contributed by atoms with Crippen LogP contribution in [0.2, 0.25) is 0 Å². The first-order chi connectivity index (χ1) is 9.99. The van der Waals surface area contributed by atoms with Crippen molar-refractivity contribution in [1.82, 2.24) is 9.80 Å². The molecule has 2 heteroatoms. The van der Waals surface area contributed by atoms with Crippen LogP contribution in [0.3, 0.4) is 0 Å². The van der Waals surface area contributed by atoms with Gasteiger partial charge in [-0.3, -0.25) is 0 Å². The Balaban J connectivity index is 3.54. The Morgan fingerprint density at radius 1 is 0.500 bits per heavy atom. The Bertz CT molecular complexity index is 232. The molecule has 0 saturated heterocycles. The molecule has 0 aromatic heterocycles. The highest BCUT2D eigenvalue weighted by Crippen LogP contribution is 2.22. The van der Waals surface area contributed by atoms with Crippen molar-refractivity contribution < 1.29 is 0 Å². The zero-order valence-corrected chi connectivity index (χ0v) is 17.0. The van der Waals surface area contributed by atoms with Crippen LogP contribution in [0.15, 0.2) is 0 Å². The molecule has 0 aliphatic heterocycles. The number of likely N-dealkylation sites (N-methyl/N-ethyl adjacent to an activating group) is 2. The highest BCUT2D eigenvalue weighted by Gasteiger charge is 2.10. The standard InChI is InChI=1S/C20H44N2/c1-19(2,3)13-9-11-15-21(7)17-18-22(8)16-12-10-14-20(4,5)6/h9-18H2,1-8H3. The van der Waals surface area contributed by atoms with Gasteiger partial charge in [0, 0.05) is 13.1 Å². The van der Waals surface area contributed by atoms with E-state index in [0.717, 1.165) is 0 Å². The fourth-order valence-electron chi connectivity index (χ4n) is 2.64. The maximum absolute atomic E-state index is 2.49. The van der Waals surface area contributed by atoms with Gasteiger partial charge >= 0.3 is 0 Å². The molecule has 0 atom stereocenters. The number of rotatable bonds is 11. The van der Waals surface area contributed by atoms with Crippen LogP contribution in [0.5, 0.6) is 0 Å². The first kappa shape index (κ1) is 21.9. The van der Waals surface area contributed by atoms with Crippen LogP contribution in [-0.4, -0.2) is 50.1 Å². The first-order valence-electron chi connectivity index (χ1n) is 9.37. The molecule has 0 spiro atoms. The lowest BCUT2D eigenvalue weighted by molar-refractivity contribution is 0.242. The third kappa shape index (κ3) is 16.3. The largest absolute Gasteiger partial charge is 0.305 e. The maximum atomic E-state index is 2.49. The molecule has 2 nitrogen and oxygen atoms in total. The summed E-state index contributed by atoms with van der Waals surface area (Å²) in [7, 11) is 4.54. The minimum atomic E-state index is 0.492. The molecule has 0 amide bonds. The Labute approximate surface area is 141 Å². The van der Waals surface area contributed by atoms with E-state index in [9.17, 15) is 0 Å². The van der Waals surface area contributed by atoms with Gasteiger partial charge in [0.2, 0.25) is 0 Å². The minimum Gasteiger partial charge on any atom is -0.305 e. The number of hydrogen-bond acceptors (Lipinski definition) is 2. The molecule has 134 valence electrons. The molecule has 0 fully saturated rings. The van der Waals surface area contributed by atoms with Crippen LogP contribution in [0.4, 0.5) is 0 Å². The van der Waals surface area contributed by atoms with E-state index in [1.165, 1.54) is 64.7 Å². The van der Waals surface area contributed by atoms with Gasteiger partial charge in [-0.05, 0) is 63.7 Å². The summed E-state index contributed by atoms with van der Waals surface area (Å²) in [6, 6.07) is 0. The monoisotopic (exact) mass is 312 g/mol. The summed E-state index contributed by atoms with van der Waals surface area (Å²) < 4.78 is 0. The maximum Gasteiger partial charge on any atom is 0.0106 e. The van der Waals surface area contributed by atoms with Crippen LogP contribution in [-0.2, 0) is 0 Å². The molecule has 0 N–H and O–H groups in total. The lowest BCUT2D eigenvalue weighted by atomic mass is 9.90. The molecule has 0 aromatic rings. The minimum absolute atomic E-state index is 0.492. The second-order valence-corrected chi connectivity index (χ2v) is 9.64. The highest BCUT2D eigenvalue weighted by atomic mass is 15.2. The van der Waals surface area contributed by atoms with Crippen molar-refractivity contribution in [2.24, 2.45) is 10.8 Å². The van der Waals surface area contributed by atoms with E-state index in [1.54, 1.807) is 0 Å². The van der Waals surface area contributed by atoms with E-state index in [2.05, 4.69) is 65.4 Å². The topological polar surface area (TPSA) is 6.48 Å². The molecule has 0 aliphatic rings. The van der Waals surface area contributed by atoms with Gasteiger partial charge in [-0.15, -0.1) is 0 Å². The Morgan fingerprint density at radius 3 is 1.09 bits per heavy atom. The lowest BCUT2D eigenvalue weighted by Crippen LogP contribution is -2.32. The SMILES string of the molecule is CN(CCCCC(C)(C)C)CCN(C)CCCCC(C)(C)C. The van der Waals surface area contributed by atoms with Gasteiger partial charge < -0.3 is 9.80 Å². The summed E-state index contributed by atoms with van der Waals surface area (Å²) in [5.41, 5.74) is 0.984. The third-order valence-corrected chi connectivity index (χ3v) is 4.30. The molecule has 0 saturated carbocycles. The van der Waals surface area contributed by atoms with Crippen LogP contribution < -0.4 is 0 Å². The molecular weight excluding hydrogens is 268 g/mol. The molecule has 0 aromatic carbocycles. The summed E-state index contributed by atoms with van der Waals surface area (Å²) in [4.78, 5) is 4.99. The second kappa shape index (κ2) is 10.6. The van der Waals surface area contributed by atoms with E-state index in [1.807, 2.05) is 0 Å². The highest BCUT2D eigenvalue weighted by molar-refractivity contribution is 4.64. The van der Waals surface area contributed by atoms with Crippen molar-refractivity contribution in [3.8, 4) is 0 Å². The van der Waals surface area contributed by atoms with Crippen molar-refractivity contribution >= 4 is 0 Å². The molecule has 0 heterocycles. The van der Waals surface area contributed by atoms with Gasteiger partial charge in [0.15, 0.2) is 0 Å². The summed E-state index contributed by atoms with van der Waals surface area (Å²) in [5, 5.41) is 0. The molecular formula is C20H44N2. The van der Waals surface area contributed by atoms with Crippen LogP contribution in [0, 0.1) is 10.8 Å². The average Bonchev–Trinajstić information content (AvgIpc) is 2.35. The summed E-state index contributed by atoms with van der Waals surface area (Å²) >= 11 is 0. The third-order valence-electron chi connectivity index (χ3n) is 4.30. The van der Waals surface area contributed by atoms with Crippen molar-refractivity contribution in [3.63, 3.8) is 0 Å². The van der Waals surface area contributed by atoms with Crippen molar-refractivity contribution in [2.45, 2.75) is 80.1 Å². The molecule has 0 aliphatic carbocycles. The van der Waals surface area contributed by atoms with E-state index in [0.29, 0.717) is 10.8 Å². The molecule has 0 rings (SSSR count). The molecule has 22 heavy (non-hydrogen) atoms. The smallest absolute Gasteiger partial charge is 0.0106 e. The lowest BCUT2D eigenvalue weighted by Gasteiger charge is -2.23. The van der Waals surface area contributed by atoms with E-state index >= 15 is 0 Å². The van der Waals surface area contributed by atoms with Crippen molar-refractivity contribution in [1.29, 1.82) is 0 Å². The summed E-state index contributed by atoms with van der Waals surface area (Å²) in [5.74, 6) is 0. The van der Waals surface area contributed by atoms with Crippen LogP contribution in [0.1, 0.15) is 80.1 Å². The molecule has 0 bridgehead atoms. The zero-order valence-electron chi connectivity index (χ0n) is 17.0. The van der Waals surface area contributed by atoms with E-state index in [4.69, 9.17) is 0 Å². The van der Waals surface area contributed by atoms with Crippen LogP contribution >= 0.6 is 0 Å². The number of hydrogen-bond donors (Lipinski definition) is 0. The fraction of sp³-hybridized carbons (Fsp3) is 1.00. The molecule has 0 radical (unpaired) electrons. The van der Waals surface area contributed by atoms with Gasteiger partial charge in [0.05, 0.1) is 0 Å². The summed E-state index contributed by atoms with van der Waals surface area (Å²) in [6.45, 7) is 18.9. The Morgan fingerprint density at radius 2 is 0.818 bits per heavy atom. The van der Waals surface area contributed by atoms with Gasteiger partial charge in [-0.2, -0.15) is 0 Å². The number of nitrogens with zero attached hydrogens (tertiary/aromatic N) is 2. The van der Waals surface area contributed by atoms with Crippen molar-refractivity contribution in [3.05, 3.63) is 0 Å². The Kier molecular flexibility index (Phi) is 10.6. The zero-order chi connectivity index (χ0) is 17.2. The van der Waals surface area contributed by atoms with Crippen molar-refractivity contribution in [2.75, 3.05) is 40.3 Å². The summed E-state index contributed by atoms with van der Waals surface area (Å²) in [6.07, 6.45) is 8.07. The van der Waals surface area contributed by atoms with Crippen LogP contribution in [0.25, 0.3) is 0 Å². The second-order valence-electron chi connectivity index (χ2n) is 9.64. The fourth-order valence-corrected chi connectivity index (χ4v) is 2.64. The average molecular weight is 313 g/mol. The molecule has 0 unspecified atom stereocenters. The van der Waals surface area contributed by atoms with Gasteiger partial charge in [-0.1, -0.05) is 54.4 Å². The van der Waals surface area contributed by atoms with Gasteiger partial charge in [0.25, 0.3) is 0 Å². The number of unbranched alkanes of at least 4 members (excludes halogenated alkanes) is 2. The van der Waals surface area contributed by atoms with Gasteiger partial charge in [0.1, 0.15) is 0 Å². The quantitative estimate of drug-likeness (QED) is 0.479. The van der Waals surface area contributed by atoms with E-state index in [-0.39, 0.29) is 0 Å². The van der Waals surface area contributed by atoms with E-state index < -0.39 is 0 Å². The Hall–Kier alpha value is -0.0800. The predicted octanol–water partition coefficient (Wildman–Crippen LogP) is 5.28. The normalized spacial score (nSPS) is 13.4. The van der Waals surface area contributed by atoms with Gasteiger partial charge in [-0.25, -0.2) is 0 Å².